The van der Waals surface area contributed by atoms with E-state index in [0.29, 0.717) is 0 Å². The van der Waals surface area contributed by atoms with Crippen LogP contribution in [0.4, 0.5) is 0 Å². The number of rotatable bonds is 1. The maximum absolute atomic E-state index is 5.83. The second kappa shape index (κ2) is 3.85. The molecule has 0 atom stereocenters. The average molecular weight is 210 g/mol. The van der Waals surface area contributed by atoms with Crippen LogP contribution in [0.5, 0.6) is 5.75 Å². The molecule has 2 heteroatoms. The fourth-order valence-corrected chi connectivity index (χ4v) is 1.46. The highest BCUT2D eigenvalue weighted by Gasteiger charge is 2.14. The van der Waals surface area contributed by atoms with E-state index in [1.807, 2.05) is 12.1 Å². The van der Waals surface area contributed by atoms with Gasteiger partial charge in [-0.15, -0.1) is 12.6 Å². The highest BCUT2D eigenvalue weighted by molar-refractivity contribution is 7.80. The Bertz CT molecular complexity index is 337. The average Bonchev–Trinajstić information content (AvgIpc) is 2.04. The molecule has 0 aliphatic heterocycles. The molecule has 0 radical (unpaired) electrons. The predicted octanol–water partition coefficient (Wildman–Crippen LogP) is 3.77. The van der Waals surface area contributed by atoms with Gasteiger partial charge in [-0.05, 0) is 57.9 Å². The molecule has 0 aliphatic rings. The third-order valence-electron chi connectivity index (χ3n) is 2.13. The number of benzene rings is 1. The van der Waals surface area contributed by atoms with Crippen LogP contribution in [0, 0.1) is 13.8 Å². The van der Waals surface area contributed by atoms with Crippen molar-refractivity contribution in [3.05, 3.63) is 23.3 Å². The van der Waals surface area contributed by atoms with Gasteiger partial charge >= 0.3 is 0 Å². The first kappa shape index (κ1) is 11.4. The highest BCUT2D eigenvalue weighted by Crippen LogP contribution is 2.28. The lowest BCUT2D eigenvalue weighted by molar-refractivity contribution is 0.129. The van der Waals surface area contributed by atoms with E-state index >= 15 is 0 Å². The van der Waals surface area contributed by atoms with Crippen LogP contribution >= 0.6 is 12.6 Å². The fraction of sp³-hybridized carbons (Fsp3) is 0.500. The van der Waals surface area contributed by atoms with Crippen LogP contribution in [-0.4, -0.2) is 5.60 Å². The Labute approximate surface area is 91.9 Å². The van der Waals surface area contributed by atoms with Crippen molar-refractivity contribution in [1.29, 1.82) is 0 Å². The van der Waals surface area contributed by atoms with Gasteiger partial charge in [0.25, 0.3) is 0 Å². The van der Waals surface area contributed by atoms with E-state index in [1.165, 1.54) is 11.1 Å². The molecule has 1 aromatic rings. The molecule has 0 heterocycles. The summed E-state index contributed by atoms with van der Waals surface area (Å²) in [5, 5.41) is 0. The molecule has 1 aromatic carbocycles. The van der Waals surface area contributed by atoms with Gasteiger partial charge < -0.3 is 4.74 Å². The highest BCUT2D eigenvalue weighted by atomic mass is 32.1. The first-order valence-electron chi connectivity index (χ1n) is 4.79. The van der Waals surface area contributed by atoms with Crippen molar-refractivity contribution in [2.45, 2.75) is 45.1 Å². The van der Waals surface area contributed by atoms with Gasteiger partial charge in [0.2, 0.25) is 0 Å². The van der Waals surface area contributed by atoms with Crippen molar-refractivity contribution in [3.8, 4) is 5.75 Å². The quantitative estimate of drug-likeness (QED) is 0.694. The van der Waals surface area contributed by atoms with Crippen LogP contribution in [0.15, 0.2) is 17.0 Å². The second-order valence-electron chi connectivity index (χ2n) is 4.55. The van der Waals surface area contributed by atoms with E-state index in [1.54, 1.807) is 0 Å². The molecule has 0 aliphatic carbocycles. The third kappa shape index (κ3) is 2.68. The summed E-state index contributed by atoms with van der Waals surface area (Å²) in [6.07, 6.45) is 0. The number of thiol groups is 1. The molecule has 0 spiro atoms. The van der Waals surface area contributed by atoms with Crippen molar-refractivity contribution in [2.75, 3.05) is 0 Å². The Hall–Kier alpha value is -0.630. The molecular formula is C12H18OS. The van der Waals surface area contributed by atoms with Gasteiger partial charge in [0.1, 0.15) is 11.4 Å². The molecular weight excluding hydrogens is 192 g/mol. The monoisotopic (exact) mass is 210 g/mol. The van der Waals surface area contributed by atoms with E-state index in [9.17, 15) is 0 Å². The fourth-order valence-electron chi connectivity index (χ4n) is 1.22. The van der Waals surface area contributed by atoms with Gasteiger partial charge in [-0.1, -0.05) is 0 Å². The number of hydrogen-bond acceptors (Lipinski definition) is 2. The van der Waals surface area contributed by atoms with E-state index in [-0.39, 0.29) is 5.60 Å². The molecule has 0 fully saturated rings. The summed E-state index contributed by atoms with van der Waals surface area (Å²) in [7, 11) is 0. The minimum absolute atomic E-state index is 0.144. The van der Waals surface area contributed by atoms with Crippen LogP contribution in [-0.2, 0) is 0 Å². The Morgan fingerprint density at radius 3 is 2.14 bits per heavy atom. The summed E-state index contributed by atoms with van der Waals surface area (Å²) in [4.78, 5) is 1.02. The minimum atomic E-state index is -0.144. The summed E-state index contributed by atoms with van der Waals surface area (Å²) < 4.78 is 5.83. The topological polar surface area (TPSA) is 9.23 Å². The Morgan fingerprint density at radius 1 is 1.07 bits per heavy atom. The van der Waals surface area contributed by atoms with Gasteiger partial charge in [0.05, 0.1) is 0 Å². The van der Waals surface area contributed by atoms with Crippen LogP contribution in [0.2, 0.25) is 0 Å². The normalized spacial score (nSPS) is 11.6. The van der Waals surface area contributed by atoms with Gasteiger partial charge in [0.15, 0.2) is 0 Å². The van der Waals surface area contributed by atoms with Gasteiger partial charge in [-0.3, -0.25) is 0 Å². The largest absolute Gasteiger partial charge is 0.488 e. The number of ether oxygens (including phenoxy) is 1. The Balaban J connectivity index is 3.06. The minimum Gasteiger partial charge on any atom is -0.488 e. The molecule has 1 rings (SSSR count). The summed E-state index contributed by atoms with van der Waals surface area (Å²) in [6.45, 7) is 10.3. The second-order valence-corrected chi connectivity index (χ2v) is 5.03. The molecule has 78 valence electrons. The zero-order valence-corrected chi connectivity index (χ0v) is 10.4. The Kier molecular flexibility index (Phi) is 3.15. The molecule has 14 heavy (non-hydrogen) atoms. The summed E-state index contributed by atoms with van der Waals surface area (Å²) in [5.74, 6) is 0.952. The van der Waals surface area contributed by atoms with Crippen molar-refractivity contribution in [2.24, 2.45) is 0 Å². The summed E-state index contributed by atoms with van der Waals surface area (Å²) in [6, 6.07) is 3.96. The van der Waals surface area contributed by atoms with Gasteiger partial charge in [-0.25, -0.2) is 0 Å². The molecule has 1 nitrogen and oxygen atoms in total. The molecule has 0 aromatic heterocycles. The van der Waals surface area contributed by atoms with Crippen molar-refractivity contribution >= 4 is 12.6 Å². The molecule has 0 bridgehead atoms. The van der Waals surface area contributed by atoms with Crippen molar-refractivity contribution < 1.29 is 4.74 Å². The SMILES string of the molecule is Cc1c(S)ccc(OC(C)(C)C)c1C. The van der Waals surface area contributed by atoms with Crippen LogP contribution in [0.3, 0.4) is 0 Å². The van der Waals surface area contributed by atoms with Gasteiger partial charge in [0, 0.05) is 4.90 Å². The van der Waals surface area contributed by atoms with Crippen LogP contribution in [0.1, 0.15) is 31.9 Å². The lowest BCUT2D eigenvalue weighted by Crippen LogP contribution is -2.23. The Morgan fingerprint density at radius 2 is 1.64 bits per heavy atom. The van der Waals surface area contributed by atoms with Crippen LogP contribution in [0.25, 0.3) is 0 Å². The predicted molar refractivity (Wildman–Crippen MR) is 63.5 cm³/mol. The number of hydrogen-bond donors (Lipinski definition) is 1. The van der Waals surface area contributed by atoms with Crippen LogP contribution < -0.4 is 4.74 Å². The van der Waals surface area contributed by atoms with E-state index in [0.717, 1.165) is 10.6 Å². The van der Waals surface area contributed by atoms with E-state index < -0.39 is 0 Å². The standard InChI is InChI=1S/C12H18OS/c1-8-9(2)11(14)7-6-10(8)13-12(3,4)5/h6-7,14H,1-5H3. The molecule has 0 amide bonds. The smallest absolute Gasteiger partial charge is 0.123 e. The zero-order chi connectivity index (χ0) is 10.9. The maximum Gasteiger partial charge on any atom is 0.123 e. The van der Waals surface area contributed by atoms with Gasteiger partial charge in [-0.2, -0.15) is 0 Å². The lowest BCUT2D eigenvalue weighted by atomic mass is 10.1. The molecule has 0 N–H and O–H groups in total. The zero-order valence-electron chi connectivity index (χ0n) is 9.51. The van der Waals surface area contributed by atoms with E-state index in [4.69, 9.17) is 4.74 Å². The molecule has 0 saturated carbocycles. The third-order valence-corrected chi connectivity index (χ3v) is 2.61. The molecule has 0 unspecified atom stereocenters. The first-order valence-corrected chi connectivity index (χ1v) is 5.24. The summed E-state index contributed by atoms with van der Waals surface area (Å²) >= 11 is 4.37. The van der Waals surface area contributed by atoms with Crippen molar-refractivity contribution in [1.82, 2.24) is 0 Å². The first-order chi connectivity index (χ1) is 6.31. The molecule has 0 saturated heterocycles. The lowest BCUT2D eigenvalue weighted by Gasteiger charge is -2.23. The van der Waals surface area contributed by atoms with E-state index in [2.05, 4.69) is 47.2 Å². The summed E-state index contributed by atoms with van der Waals surface area (Å²) in [5.41, 5.74) is 2.22. The van der Waals surface area contributed by atoms with Crippen molar-refractivity contribution in [3.63, 3.8) is 0 Å². The maximum atomic E-state index is 5.83.